The Bertz CT molecular complexity index is 516. The third kappa shape index (κ3) is 3.06. The van der Waals surface area contributed by atoms with E-state index in [1.165, 1.54) is 25.7 Å². The van der Waals surface area contributed by atoms with Gasteiger partial charge in [-0.2, -0.15) is 0 Å². The molecular weight excluding hydrogens is 294 g/mol. The van der Waals surface area contributed by atoms with Gasteiger partial charge in [-0.25, -0.2) is 4.98 Å². The normalized spacial score (nSPS) is 22.8. The summed E-state index contributed by atoms with van der Waals surface area (Å²) in [7, 11) is 0. The number of nitrogens with zero attached hydrogens (tertiary/aromatic N) is 2. The van der Waals surface area contributed by atoms with Crippen LogP contribution in [0.15, 0.2) is 5.38 Å². The first-order valence-electron chi connectivity index (χ1n) is 8.57. The molecule has 2 fully saturated rings. The summed E-state index contributed by atoms with van der Waals surface area (Å²) in [6, 6.07) is 0. The molecule has 0 bridgehead atoms. The lowest BCUT2D eigenvalue weighted by Gasteiger charge is -2.37. The van der Waals surface area contributed by atoms with Crippen LogP contribution in [-0.2, 0) is 4.79 Å². The first-order valence-corrected chi connectivity index (χ1v) is 9.45. The van der Waals surface area contributed by atoms with E-state index in [4.69, 9.17) is 0 Å². The molecular formula is C17H27N3OS. The summed E-state index contributed by atoms with van der Waals surface area (Å²) < 4.78 is 0. The van der Waals surface area contributed by atoms with Crippen molar-refractivity contribution in [2.24, 2.45) is 0 Å². The van der Waals surface area contributed by atoms with E-state index in [1.54, 1.807) is 11.3 Å². The Labute approximate surface area is 137 Å². The first-order chi connectivity index (χ1) is 10.6. The fraction of sp³-hybridized carbons (Fsp3) is 0.765. The van der Waals surface area contributed by atoms with Gasteiger partial charge in [-0.05, 0) is 45.7 Å². The van der Waals surface area contributed by atoms with Gasteiger partial charge in [-0.15, -0.1) is 11.3 Å². The quantitative estimate of drug-likeness (QED) is 0.906. The Hall–Kier alpha value is -0.940. The molecule has 1 saturated heterocycles. The van der Waals surface area contributed by atoms with E-state index in [0.717, 1.165) is 36.6 Å². The summed E-state index contributed by atoms with van der Waals surface area (Å²) in [6.07, 6.45) is 6.91. The molecule has 1 unspecified atom stereocenters. The summed E-state index contributed by atoms with van der Waals surface area (Å²) in [6.45, 7) is 7.05. The van der Waals surface area contributed by atoms with E-state index in [-0.39, 0.29) is 11.4 Å². The third-order valence-electron chi connectivity index (χ3n) is 5.19. The van der Waals surface area contributed by atoms with Crippen LogP contribution in [-0.4, -0.2) is 41.0 Å². The second kappa shape index (κ2) is 6.67. The van der Waals surface area contributed by atoms with E-state index in [9.17, 15) is 4.79 Å². The molecule has 1 aliphatic carbocycles. The van der Waals surface area contributed by atoms with Gasteiger partial charge in [0.1, 0.15) is 5.54 Å². The van der Waals surface area contributed by atoms with E-state index >= 15 is 0 Å². The minimum absolute atomic E-state index is 0.213. The number of amides is 1. The van der Waals surface area contributed by atoms with Crippen LogP contribution in [0, 0.1) is 6.92 Å². The van der Waals surface area contributed by atoms with Gasteiger partial charge in [0.2, 0.25) is 5.91 Å². The molecule has 5 heteroatoms. The van der Waals surface area contributed by atoms with Crippen molar-refractivity contribution in [1.82, 2.24) is 15.2 Å². The third-order valence-corrected chi connectivity index (χ3v) is 6.39. The molecule has 122 valence electrons. The van der Waals surface area contributed by atoms with Crippen molar-refractivity contribution in [2.45, 2.75) is 63.8 Å². The number of thiazole rings is 1. The Morgan fingerprint density at radius 3 is 2.64 bits per heavy atom. The SMILES string of the molecule is Cc1csc(C(C)CNC(=O)C2(N3CCCC3)CCCC2)n1. The van der Waals surface area contributed by atoms with Crippen LogP contribution < -0.4 is 5.32 Å². The lowest BCUT2D eigenvalue weighted by molar-refractivity contribution is -0.132. The molecule has 1 aliphatic heterocycles. The molecule has 1 aromatic heterocycles. The highest BCUT2D eigenvalue weighted by molar-refractivity contribution is 7.09. The Balaban J connectivity index is 1.62. The fourth-order valence-corrected chi connectivity index (χ4v) is 4.74. The maximum Gasteiger partial charge on any atom is 0.240 e. The second-order valence-electron chi connectivity index (χ2n) is 6.87. The summed E-state index contributed by atoms with van der Waals surface area (Å²) in [5.41, 5.74) is 0.858. The lowest BCUT2D eigenvalue weighted by Crippen LogP contribution is -2.56. The number of carbonyl (C=O) groups is 1. The smallest absolute Gasteiger partial charge is 0.240 e. The van der Waals surface area contributed by atoms with E-state index in [0.29, 0.717) is 12.5 Å². The number of hydrogen-bond acceptors (Lipinski definition) is 4. The molecule has 1 amide bonds. The van der Waals surface area contributed by atoms with Crippen molar-refractivity contribution in [3.05, 3.63) is 16.1 Å². The van der Waals surface area contributed by atoms with Gasteiger partial charge in [0, 0.05) is 23.5 Å². The van der Waals surface area contributed by atoms with Crippen LogP contribution in [0.5, 0.6) is 0 Å². The second-order valence-corrected chi connectivity index (χ2v) is 7.76. The van der Waals surface area contributed by atoms with Crippen LogP contribution in [0.2, 0.25) is 0 Å². The van der Waals surface area contributed by atoms with E-state index in [1.807, 2.05) is 6.92 Å². The molecule has 2 heterocycles. The van der Waals surface area contributed by atoms with Crippen LogP contribution in [0.25, 0.3) is 0 Å². The number of aryl methyl sites for hydroxylation is 1. The Morgan fingerprint density at radius 1 is 1.36 bits per heavy atom. The maximum absolute atomic E-state index is 12.9. The summed E-state index contributed by atoms with van der Waals surface area (Å²) in [5, 5.41) is 6.44. The molecule has 0 radical (unpaired) electrons. The predicted molar refractivity (Wildman–Crippen MR) is 90.3 cm³/mol. The number of nitrogens with one attached hydrogen (secondary N) is 1. The molecule has 0 spiro atoms. The highest BCUT2D eigenvalue weighted by Gasteiger charge is 2.46. The topological polar surface area (TPSA) is 45.2 Å². The van der Waals surface area contributed by atoms with Gasteiger partial charge in [0.25, 0.3) is 0 Å². The Kier molecular flexibility index (Phi) is 4.83. The standard InChI is InChI=1S/C17H27N3OS/c1-13(15-19-14(2)12-22-15)11-18-16(21)17(7-3-4-8-17)20-9-5-6-10-20/h12-13H,3-11H2,1-2H3,(H,18,21). The summed E-state index contributed by atoms with van der Waals surface area (Å²) in [4.78, 5) is 19.9. The maximum atomic E-state index is 12.9. The van der Waals surface area contributed by atoms with Gasteiger partial charge in [-0.3, -0.25) is 9.69 Å². The lowest BCUT2D eigenvalue weighted by atomic mass is 9.94. The minimum atomic E-state index is -0.213. The summed E-state index contributed by atoms with van der Waals surface area (Å²) >= 11 is 1.69. The molecule has 1 aromatic rings. The highest BCUT2D eigenvalue weighted by Crippen LogP contribution is 2.37. The van der Waals surface area contributed by atoms with Crippen molar-refractivity contribution in [3.63, 3.8) is 0 Å². The fourth-order valence-electron chi connectivity index (χ4n) is 3.89. The van der Waals surface area contributed by atoms with E-state index < -0.39 is 0 Å². The van der Waals surface area contributed by atoms with Crippen molar-refractivity contribution in [1.29, 1.82) is 0 Å². The summed E-state index contributed by atoms with van der Waals surface area (Å²) in [5.74, 6) is 0.548. The van der Waals surface area contributed by atoms with Crippen LogP contribution in [0.4, 0.5) is 0 Å². The van der Waals surface area contributed by atoms with Crippen LogP contribution >= 0.6 is 11.3 Å². The number of rotatable bonds is 5. The predicted octanol–water partition coefficient (Wildman–Crippen LogP) is 3.08. The van der Waals surface area contributed by atoms with Crippen molar-refractivity contribution < 1.29 is 4.79 Å². The van der Waals surface area contributed by atoms with E-state index in [2.05, 4.69) is 27.5 Å². The zero-order valence-corrected chi connectivity index (χ0v) is 14.5. The monoisotopic (exact) mass is 321 g/mol. The zero-order valence-electron chi connectivity index (χ0n) is 13.7. The van der Waals surface area contributed by atoms with Gasteiger partial charge < -0.3 is 5.32 Å². The van der Waals surface area contributed by atoms with Gasteiger partial charge >= 0.3 is 0 Å². The van der Waals surface area contributed by atoms with Crippen molar-refractivity contribution in [3.8, 4) is 0 Å². The molecule has 3 rings (SSSR count). The zero-order chi connectivity index (χ0) is 15.6. The molecule has 2 aliphatic rings. The van der Waals surface area contributed by atoms with Crippen molar-refractivity contribution >= 4 is 17.2 Å². The highest BCUT2D eigenvalue weighted by atomic mass is 32.1. The van der Waals surface area contributed by atoms with Crippen LogP contribution in [0.3, 0.4) is 0 Å². The molecule has 1 N–H and O–H groups in total. The largest absolute Gasteiger partial charge is 0.354 e. The minimum Gasteiger partial charge on any atom is -0.354 e. The number of carbonyl (C=O) groups excluding carboxylic acids is 1. The number of hydrogen-bond donors (Lipinski definition) is 1. The Morgan fingerprint density at radius 2 is 2.05 bits per heavy atom. The first kappa shape index (κ1) is 15.9. The number of likely N-dealkylation sites (tertiary alicyclic amines) is 1. The van der Waals surface area contributed by atoms with Gasteiger partial charge in [0.15, 0.2) is 0 Å². The molecule has 1 saturated carbocycles. The average Bonchev–Trinajstić information content (AvgIpc) is 3.23. The average molecular weight is 321 g/mol. The van der Waals surface area contributed by atoms with Crippen molar-refractivity contribution in [2.75, 3.05) is 19.6 Å². The molecule has 0 aromatic carbocycles. The number of aromatic nitrogens is 1. The molecule has 4 nitrogen and oxygen atoms in total. The van der Waals surface area contributed by atoms with Gasteiger partial charge in [0.05, 0.1) is 5.01 Å². The molecule has 1 atom stereocenters. The molecule has 22 heavy (non-hydrogen) atoms. The van der Waals surface area contributed by atoms with Gasteiger partial charge in [-0.1, -0.05) is 19.8 Å². The van der Waals surface area contributed by atoms with Crippen LogP contribution in [0.1, 0.15) is 62.1 Å².